The Morgan fingerprint density at radius 1 is 1.13 bits per heavy atom. The highest BCUT2D eigenvalue weighted by molar-refractivity contribution is 6.74. The first-order valence-electron chi connectivity index (χ1n) is 13.5. The third kappa shape index (κ3) is 10.9. The molecule has 2 amide bonds. The van der Waals surface area contributed by atoms with Crippen LogP contribution in [-0.2, 0) is 30.0 Å². The van der Waals surface area contributed by atoms with Crippen molar-refractivity contribution >= 4 is 20.5 Å². The van der Waals surface area contributed by atoms with E-state index in [2.05, 4.69) is 39.2 Å². The molecule has 39 heavy (non-hydrogen) atoms. The number of carbonyl (C=O) groups excluding carboxylic acids is 2. The van der Waals surface area contributed by atoms with E-state index >= 15 is 0 Å². The van der Waals surface area contributed by atoms with Crippen molar-refractivity contribution in [2.24, 2.45) is 0 Å². The predicted molar refractivity (Wildman–Crippen MR) is 154 cm³/mol. The van der Waals surface area contributed by atoms with Gasteiger partial charge in [-0.05, 0) is 50.9 Å². The van der Waals surface area contributed by atoms with E-state index in [0.29, 0.717) is 13.0 Å². The van der Waals surface area contributed by atoms with E-state index < -0.39 is 38.2 Å². The van der Waals surface area contributed by atoms with E-state index in [0.717, 1.165) is 5.56 Å². The molecule has 1 aromatic rings. The number of rotatable bonds is 11. The molecular weight excluding hydrogens is 516 g/mol. The van der Waals surface area contributed by atoms with Crippen LogP contribution in [0.15, 0.2) is 42.5 Å². The Balaban J connectivity index is 2.21. The lowest BCUT2D eigenvalue weighted by Gasteiger charge is -2.37. The fourth-order valence-corrected chi connectivity index (χ4v) is 4.74. The predicted octanol–water partition coefficient (Wildman–Crippen LogP) is 5.86. The molecule has 0 saturated carbocycles. The summed E-state index contributed by atoms with van der Waals surface area (Å²) in [6, 6.07) is 8.63. The van der Waals surface area contributed by atoms with Crippen molar-refractivity contribution in [1.82, 2.24) is 10.2 Å². The first-order chi connectivity index (χ1) is 18.1. The number of ether oxygens (including phenoxy) is 4. The zero-order chi connectivity index (χ0) is 29.3. The van der Waals surface area contributed by atoms with Crippen LogP contribution in [0.1, 0.15) is 53.5 Å². The van der Waals surface area contributed by atoms with Gasteiger partial charge in [0.05, 0.1) is 24.8 Å². The van der Waals surface area contributed by atoms with E-state index in [-0.39, 0.29) is 31.1 Å². The molecule has 0 aromatic heterocycles. The molecule has 9 nitrogen and oxygen atoms in total. The number of nitrogens with zero attached hydrogens (tertiary/aromatic N) is 1. The Morgan fingerprint density at radius 2 is 1.79 bits per heavy atom. The number of hydrogen-bond donors (Lipinski definition) is 1. The second-order valence-electron chi connectivity index (χ2n) is 12.3. The van der Waals surface area contributed by atoms with Gasteiger partial charge in [0, 0.05) is 13.7 Å². The van der Waals surface area contributed by atoms with Crippen LogP contribution in [-0.4, -0.2) is 76.2 Å². The normalized spacial score (nSPS) is 19.3. The average Bonchev–Trinajstić information content (AvgIpc) is 3.25. The van der Waals surface area contributed by atoms with Crippen molar-refractivity contribution < 1.29 is 33.0 Å². The molecule has 0 spiro atoms. The van der Waals surface area contributed by atoms with E-state index in [9.17, 15) is 9.59 Å². The van der Waals surface area contributed by atoms with Crippen LogP contribution in [0.5, 0.6) is 0 Å². The first kappa shape index (κ1) is 32.8. The molecule has 1 heterocycles. The SMILES string of the molecule is COCO[C@H]1CCN(C(=O)OC(C)(C)C)[C@H]1C=C[C@@H](CO[Si](C)(C)C(C)(C)C)NC(=O)OCc1ccccc1. The maximum atomic E-state index is 13.0. The number of likely N-dealkylation sites (tertiary alicyclic amines) is 1. The Kier molecular flexibility index (Phi) is 12.0. The number of hydrogen-bond acceptors (Lipinski definition) is 7. The summed E-state index contributed by atoms with van der Waals surface area (Å²) in [5, 5.41) is 2.93. The maximum absolute atomic E-state index is 13.0. The van der Waals surface area contributed by atoms with Gasteiger partial charge in [-0.3, -0.25) is 4.90 Å². The smallest absolute Gasteiger partial charge is 0.410 e. The molecule has 2 rings (SSSR count). The summed E-state index contributed by atoms with van der Waals surface area (Å²) < 4.78 is 28.5. The highest BCUT2D eigenvalue weighted by Crippen LogP contribution is 2.36. The van der Waals surface area contributed by atoms with Crippen molar-refractivity contribution in [3.05, 3.63) is 48.0 Å². The van der Waals surface area contributed by atoms with Crippen LogP contribution in [0.25, 0.3) is 0 Å². The molecule has 0 radical (unpaired) electrons. The molecule has 1 N–H and O–H groups in total. The van der Waals surface area contributed by atoms with Gasteiger partial charge in [-0.15, -0.1) is 0 Å². The van der Waals surface area contributed by atoms with Crippen LogP contribution in [0.2, 0.25) is 18.1 Å². The Labute approximate surface area is 235 Å². The van der Waals surface area contributed by atoms with Crippen LogP contribution >= 0.6 is 0 Å². The van der Waals surface area contributed by atoms with Crippen molar-refractivity contribution in [1.29, 1.82) is 0 Å². The fourth-order valence-electron chi connectivity index (χ4n) is 3.71. The van der Waals surface area contributed by atoms with Crippen molar-refractivity contribution in [3.63, 3.8) is 0 Å². The minimum atomic E-state index is -2.09. The zero-order valence-corrected chi connectivity index (χ0v) is 26.1. The minimum absolute atomic E-state index is 0.00708. The van der Waals surface area contributed by atoms with E-state index in [1.807, 2.05) is 63.3 Å². The average molecular weight is 565 g/mol. The minimum Gasteiger partial charge on any atom is -0.445 e. The molecule has 1 aliphatic heterocycles. The molecule has 0 aliphatic carbocycles. The van der Waals surface area contributed by atoms with Gasteiger partial charge in [0.25, 0.3) is 0 Å². The summed E-state index contributed by atoms with van der Waals surface area (Å²) in [4.78, 5) is 27.4. The molecule has 1 aliphatic rings. The molecule has 10 heteroatoms. The molecule has 1 aromatic carbocycles. The summed E-state index contributed by atoms with van der Waals surface area (Å²) >= 11 is 0. The fraction of sp³-hybridized carbons (Fsp3) is 0.655. The van der Waals surface area contributed by atoms with Crippen LogP contribution in [0.4, 0.5) is 9.59 Å². The molecule has 220 valence electrons. The van der Waals surface area contributed by atoms with Gasteiger partial charge in [0.15, 0.2) is 8.32 Å². The van der Waals surface area contributed by atoms with Crippen molar-refractivity contribution in [3.8, 4) is 0 Å². The summed E-state index contributed by atoms with van der Waals surface area (Å²) in [7, 11) is -0.531. The van der Waals surface area contributed by atoms with Crippen molar-refractivity contribution in [2.75, 3.05) is 27.1 Å². The summed E-state index contributed by atoms with van der Waals surface area (Å²) in [5.41, 5.74) is 0.273. The van der Waals surface area contributed by atoms with Crippen LogP contribution < -0.4 is 5.32 Å². The number of carbonyl (C=O) groups is 2. The highest BCUT2D eigenvalue weighted by Gasteiger charge is 2.39. The Bertz CT molecular complexity index is 941. The quantitative estimate of drug-likeness (QED) is 0.204. The van der Waals surface area contributed by atoms with Gasteiger partial charge in [0.2, 0.25) is 0 Å². The van der Waals surface area contributed by atoms with Gasteiger partial charge in [-0.1, -0.05) is 63.3 Å². The van der Waals surface area contributed by atoms with E-state index in [1.165, 1.54) is 0 Å². The Hall–Kier alpha value is -2.40. The van der Waals surface area contributed by atoms with Gasteiger partial charge >= 0.3 is 12.2 Å². The standard InChI is InChI=1S/C29H48N2O7Si/c1-28(2,3)38-27(33)31-18-17-25(36-21-34-7)24(31)16-15-23(20-37-39(8,9)29(4,5)6)30-26(32)35-19-22-13-11-10-12-14-22/h10-16,23-25H,17-21H2,1-9H3,(H,30,32)/t23-,24-,25-/m0/s1. The van der Waals surface area contributed by atoms with Gasteiger partial charge < -0.3 is 28.7 Å². The molecule has 0 unspecified atom stereocenters. The first-order valence-corrected chi connectivity index (χ1v) is 16.4. The monoisotopic (exact) mass is 564 g/mol. The number of alkyl carbamates (subject to hydrolysis) is 1. The van der Waals surface area contributed by atoms with E-state index in [1.54, 1.807) is 12.0 Å². The lowest BCUT2D eigenvalue weighted by atomic mass is 10.1. The molecule has 1 saturated heterocycles. The van der Waals surface area contributed by atoms with Crippen LogP contribution in [0, 0.1) is 0 Å². The second-order valence-corrected chi connectivity index (χ2v) is 17.1. The topological polar surface area (TPSA) is 95.6 Å². The van der Waals surface area contributed by atoms with Gasteiger partial charge in [0.1, 0.15) is 19.0 Å². The zero-order valence-electron chi connectivity index (χ0n) is 25.1. The summed E-state index contributed by atoms with van der Waals surface area (Å²) in [6.45, 7) is 17.4. The molecule has 1 fully saturated rings. The number of methoxy groups -OCH3 is 1. The third-order valence-electron chi connectivity index (χ3n) is 6.91. The Morgan fingerprint density at radius 3 is 2.38 bits per heavy atom. The summed E-state index contributed by atoms with van der Waals surface area (Å²) in [5.74, 6) is 0. The maximum Gasteiger partial charge on any atom is 0.410 e. The number of amides is 2. The summed E-state index contributed by atoms with van der Waals surface area (Å²) in [6.07, 6.45) is 3.14. The van der Waals surface area contributed by atoms with Crippen molar-refractivity contribution in [2.45, 2.75) is 96.5 Å². The lowest BCUT2D eigenvalue weighted by Crippen LogP contribution is -2.46. The largest absolute Gasteiger partial charge is 0.445 e. The van der Waals surface area contributed by atoms with Gasteiger partial charge in [-0.25, -0.2) is 9.59 Å². The third-order valence-corrected chi connectivity index (χ3v) is 11.4. The molecular formula is C29H48N2O7Si. The number of benzene rings is 1. The molecule has 3 atom stereocenters. The number of nitrogens with one attached hydrogen (secondary N) is 1. The van der Waals surface area contributed by atoms with Gasteiger partial charge in [-0.2, -0.15) is 0 Å². The molecule has 0 bridgehead atoms. The highest BCUT2D eigenvalue weighted by atomic mass is 28.4. The van der Waals surface area contributed by atoms with Crippen LogP contribution in [0.3, 0.4) is 0 Å². The van der Waals surface area contributed by atoms with E-state index in [4.69, 9.17) is 23.4 Å². The second kappa shape index (κ2) is 14.3. The lowest BCUT2D eigenvalue weighted by molar-refractivity contribution is -0.0758.